The Balaban J connectivity index is 2.44. The Labute approximate surface area is 106 Å². The van der Waals surface area contributed by atoms with Gasteiger partial charge in [0.05, 0.1) is 9.93 Å². The number of rotatable bonds is 1. The third-order valence-corrected chi connectivity index (χ3v) is 3.41. The molecule has 0 unspecified atom stereocenters. The van der Waals surface area contributed by atoms with Crippen molar-refractivity contribution in [2.24, 2.45) is 0 Å². The molecule has 1 aromatic rings. The minimum absolute atomic E-state index is 0.200. The van der Waals surface area contributed by atoms with Crippen LogP contribution in [0.15, 0.2) is 23.1 Å². The predicted octanol–water partition coefficient (Wildman–Crippen LogP) is 2.97. The summed E-state index contributed by atoms with van der Waals surface area (Å²) in [4.78, 5) is 11.7. The summed E-state index contributed by atoms with van der Waals surface area (Å²) in [7, 11) is 0. The van der Waals surface area contributed by atoms with Crippen molar-refractivity contribution >= 4 is 51.9 Å². The fraction of sp³-hybridized carbons (Fsp3) is 0. The van der Waals surface area contributed by atoms with Gasteiger partial charge in [0.25, 0.3) is 5.91 Å². The third kappa shape index (κ3) is 2.26. The molecule has 2 rings (SSSR count). The lowest BCUT2D eigenvalue weighted by Crippen LogP contribution is -2.17. The van der Waals surface area contributed by atoms with Crippen LogP contribution in [0.4, 0.5) is 4.39 Å². The zero-order valence-electron chi connectivity index (χ0n) is 7.79. The molecule has 0 aliphatic carbocycles. The number of carbonyl (C=O) groups excluding carboxylic acids is 1. The van der Waals surface area contributed by atoms with E-state index in [0.29, 0.717) is 9.23 Å². The van der Waals surface area contributed by atoms with Crippen molar-refractivity contribution in [3.63, 3.8) is 0 Å². The minimum atomic E-state index is -0.466. The smallest absolute Gasteiger partial charge is 0.263 e. The van der Waals surface area contributed by atoms with E-state index in [1.54, 1.807) is 6.07 Å². The Hall–Kier alpha value is -0.910. The molecular weight excluding hydrogens is 269 g/mol. The summed E-state index contributed by atoms with van der Waals surface area (Å²) >= 11 is 11.7. The van der Waals surface area contributed by atoms with Crippen LogP contribution < -0.4 is 5.32 Å². The Morgan fingerprint density at radius 1 is 1.50 bits per heavy atom. The average molecular weight is 274 g/mol. The van der Waals surface area contributed by atoms with Crippen LogP contribution in [0.2, 0.25) is 5.02 Å². The van der Waals surface area contributed by atoms with Crippen LogP contribution in [-0.4, -0.2) is 10.2 Å². The van der Waals surface area contributed by atoms with Crippen molar-refractivity contribution in [3.05, 3.63) is 39.5 Å². The van der Waals surface area contributed by atoms with E-state index in [4.69, 9.17) is 23.8 Å². The van der Waals surface area contributed by atoms with E-state index in [0.717, 1.165) is 11.8 Å². The van der Waals surface area contributed by atoms with Crippen molar-refractivity contribution in [2.75, 3.05) is 0 Å². The second-order valence-electron chi connectivity index (χ2n) is 2.99. The molecule has 1 aliphatic rings. The van der Waals surface area contributed by atoms with Gasteiger partial charge in [0.2, 0.25) is 0 Å². The molecule has 6 heteroatoms. The molecular formula is C10H5ClFNOS2. The van der Waals surface area contributed by atoms with Crippen LogP contribution in [0.1, 0.15) is 5.56 Å². The number of hydrogen-bond acceptors (Lipinski definition) is 3. The van der Waals surface area contributed by atoms with Crippen molar-refractivity contribution < 1.29 is 9.18 Å². The molecule has 0 atom stereocenters. The van der Waals surface area contributed by atoms with Gasteiger partial charge in [-0.25, -0.2) is 4.39 Å². The summed E-state index contributed by atoms with van der Waals surface area (Å²) in [5.41, 5.74) is 0.200. The number of amides is 1. The first kappa shape index (κ1) is 11.6. The highest BCUT2D eigenvalue weighted by Crippen LogP contribution is 2.29. The number of nitrogens with one attached hydrogen (secondary N) is 1. The Morgan fingerprint density at radius 3 is 2.81 bits per heavy atom. The monoisotopic (exact) mass is 273 g/mol. The summed E-state index contributed by atoms with van der Waals surface area (Å²) in [6.07, 6.45) is 1.40. The molecule has 2 nitrogen and oxygen atoms in total. The van der Waals surface area contributed by atoms with E-state index in [1.807, 2.05) is 0 Å². The molecule has 82 valence electrons. The highest BCUT2D eigenvalue weighted by molar-refractivity contribution is 8.26. The van der Waals surface area contributed by atoms with E-state index in [2.05, 4.69) is 5.32 Å². The standard InChI is InChI=1S/C10H5ClFNOS2/c11-6-2-1-3-7(12)5(6)4-8-9(14)13-10(15)16-8/h1-4H,(H,13,14,15)/b8-4-. The maximum Gasteiger partial charge on any atom is 0.263 e. The van der Waals surface area contributed by atoms with Crippen LogP contribution >= 0.6 is 35.6 Å². The van der Waals surface area contributed by atoms with Gasteiger partial charge < -0.3 is 5.32 Å². The number of hydrogen-bond donors (Lipinski definition) is 1. The van der Waals surface area contributed by atoms with E-state index in [-0.39, 0.29) is 16.5 Å². The SMILES string of the molecule is O=C1NC(=S)S/C1=C\c1c(F)cccc1Cl. The lowest BCUT2D eigenvalue weighted by Gasteiger charge is -2.00. The number of halogens is 2. The number of carbonyl (C=O) groups is 1. The van der Waals surface area contributed by atoms with E-state index < -0.39 is 5.82 Å². The second-order valence-corrected chi connectivity index (χ2v) is 5.11. The lowest BCUT2D eigenvalue weighted by atomic mass is 10.2. The molecule has 1 saturated heterocycles. The summed E-state index contributed by atoms with van der Waals surface area (Å²) in [6.45, 7) is 0. The van der Waals surface area contributed by atoms with Gasteiger partial charge in [0.1, 0.15) is 10.1 Å². The molecule has 1 amide bonds. The molecule has 16 heavy (non-hydrogen) atoms. The van der Waals surface area contributed by atoms with Gasteiger partial charge in [0.15, 0.2) is 0 Å². The number of thiocarbonyl (C=S) groups is 1. The first-order valence-corrected chi connectivity index (χ1v) is 5.87. The highest BCUT2D eigenvalue weighted by Gasteiger charge is 2.22. The Bertz CT molecular complexity index is 495. The minimum Gasteiger partial charge on any atom is -0.307 e. The van der Waals surface area contributed by atoms with Crippen LogP contribution in [0.25, 0.3) is 6.08 Å². The van der Waals surface area contributed by atoms with Gasteiger partial charge in [0, 0.05) is 5.56 Å². The lowest BCUT2D eigenvalue weighted by molar-refractivity contribution is -0.115. The van der Waals surface area contributed by atoms with Gasteiger partial charge in [-0.05, 0) is 18.2 Å². The summed E-state index contributed by atoms with van der Waals surface area (Å²) < 4.78 is 13.8. The van der Waals surface area contributed by atoms with Crippen molar-refractivity contribution in [3.8, 4) is 0 Å². The zero-order valence-corrected chi connectivity index (χ0v) is 10.2. The summed E-state index contributed by atoms with van der Waals surface area (Å²) in [5.74, 6) is -0.791. The first-order chi connectivity index (χ1) is 7.58. The second kappa shape index (κ2) is 4.53. The van der Waals surface area contributed by atoms with Crippen LogP contribution in [0, 0.1) is 5.82 Å². The summed E-state index contributed by atoms with van der Waals surface area (Å²) in [6, 6.07) is 4.35. The first-order valence-electron chi connectivity index (χ1n) is 4.27. The van der Waals surface area contributed by atoms with E-state index in [9.17, 15) is 9.18 Å². The molecule has 0 radical (unpaired) electrons. The maximum absolute atomic E-state index is 13.4. The normalized spacial score (nSPS) is 18.0. The van der Waals surface area contributed by atoms with Crippen LogP contribution in [-0.2, 0) is 4.79 Å². The third-order valence-electron chi connectivity index (χ3n) is 1.92. The van der Waals surface area contributed by atoms with Crippen molar-refractivity contribution in [2.45, 2.75) is 0 Å². The van der Waals surface area contributed by atoms with Crippen molar-refractivity contribution in [1.29, 1.82) is 0 Å². The van der Waals surface area contributed by atoms with Gasteiger partial charge in [-0.3, -0.25) is 4.79 Å². The van der Waals surface area contributed by atoms with Gasteiger partial charge in [-0.15, -0.1) is 0 Å². The summed E-state index contributed by atoms with van der Waals surface area (Å²) in [5, 5.41) is 2.71. The van der Waals surface area contributed by atoms with Gasteiger partial charge in [-0.2, -0.15) is 0 Å². The molecule has 1 heterocycles. The van der Waals surface area contributed by atoms with E-state index in [1.165, 1.54) is 18.2 Å². The molecule has 0 saturated carbocycles. The number of thioether (sulfide) groups is 1. The molecule has 0 aromatic heterocycles. The largest absolute Gasteiger partial charge is 0.307 e. The molecule has 0 bridgehead atoms. The maximum atomic E-state index is 13.4. The van der Waals surface area contributed by atoms with Gasteiger partial charge >= 0.3 is 0 Å². The average Bonchev–Trinajstić information content (AvgIpc) is 2.51. The van der Waals surface area contributed by atoms with Crippen LogP contribution in [0.5, 0.6) is 0 Å². The Kier molecular flexibility index (Phi) is 3.28. The zero-order chi connectivity index (χ0) is 11.7. The van der Waals surface area contributed by atoms with Gasteiger partial charge in [-0.1, -0.05) is 41.6 Å². The topological polar surface area (TPSA) is 29.1 Å². The molecule has 1 fully saturated rings. The Morgan fingerprint density at radius 2 is 2.25 bits per heavy atom. The van der Waals surface area contributed by atoms with Crippen LogP contribution in [0.3, 0.4) is 0 Å². The fourth-order valence-electron chi connectivity index (χ4n) is 1.20. The predicted molar refractivity (Wildman–Crippen MR) is 67.7 cm³/mol. The molecule has 0 spiro atoms. The molecule has 1 aliphatic heterocycles. The van der Waals surface area contributed by atoms with Crippen molar-refractivity contribution in [1.82, 2.24) is 5.32 Å². The molecule has 1 N–H and O–H groups in total. The quantitative estimate of drug-likeness (QED) is 0.630. The molecule has 1 aromatic carbocycles. The number of benzene rings is 1. The fourth-order valence-corrected chi connectivity index (χ4v) is 2.44. The van der Waals surface area contributed by atoms with E-state index >= 15 is 0 Å². The highest BCUT2D eigenvalue weighted by atomic mass is 35.5.